The van der Waals surface area contributed by atoms with Crippen molar-refractivity contribution >= 4 is 5.69 Å². The number of hydrogen-bond acceptors (Lipinski definition) is 4. The minimum Gasteiger partial charge on any atom is -0.493 e. The van der Waals surface area contributed by atoms with Crippen molar-refractivity contribution in [3.63, 3.8) is 0 Å². The van der Waals surface area contributed by atoms with Gasteiger partial charge in [-0.1, -0.05) is 0 Å². The molecule has 0 radical (unpaired) electrons. The van der Waals surface area contributed by atoms with Crippen LogP contribution in [-0.4, -0.2) is 19.1 Å². The molecule has 1 fully saturated rings. The van der Waals surface area contributed by atoms with Crippen molar-refractivity contribution in [3.05, 3.63) is 27.3 Å². The highest BCUT2D eigenvalue weighted by Gasteiger charge is 2.50. The van der Waals surface area contributed by atoms with Crippen molar-refractivity contribution in [1.29, 1.82) is 0 Å². The van der Waals surface area contributed by atoms with E-state index in [4.69, 9.17) is 9.47 Å². The predicted octanol–water partition coefficient (Wildman–Crippen LogP) is 2.27. The molecule has 0 bridgehead atoms. The third-order valence-corrected chi connectivity index (χ3v) is 3.73. The molecule has 1 aromatic rings. The molecule has 0 amide bonds. The molecule has 0 spiro atoms. The Morgan fingerprint density at radius 2 is 2.18 bits per heavy atom. The summed E-state index contributed by atoms with van der Waals surface area (Å²) in [7, 11) is 2.94. The molecule has 5 heteroatoms. The van der Waals surface area contributed by atoms with E-state index in [1.54, 1.807) is 0 Å². The summed E-state index contributed by atoms with van der Waals surface area (Å²) in [6.45, 7) is 0. The second-order valence-corrected chi connectivity index (χ2v) is 4.60. The number of hydrogen-bond donors (Lipinski definition) is 0. The Bertz CT molecular complexity index is 511. The van der Waals surface area contributed by atoms with Crippen LogP contribution in [0.1, 0.15) is 23.5 Å². The average Bonchev–Trinajstić information content (AvgIpc) is 2.99. The summed E-state index contributed by atoms with van der Waals surface area (Å²) in [6.07, 6.45) is 2.00. The smallest absolute Gasteiger partial charge is 0.318 e. The van der Waals surface area contributed by atoms with Crippen LogP contribution in [0.4, 0.5) is 5.69 Å². The monoisotopic (exact) mass is 235 g/mol. The number of methoxy groups -OCH3 is 2. The molecule has 0 heterocycles. The van der Waals surface area contributed by atoms with Gasteiger partial charge in [-0.25, -0.2) is 0 Å². The van der Waals surface area contributed by atoms with Crippen LogP contribution in [0, 0.1) is 16.0 Å². The number of nitrogens with zero attached hydrogens (tertiary/aromatic N) is 1. The lowest BCUT2D eigenvalue weighted by atomic mass is 10.0. The van der Waals surface area contributed by atoms with E-state index in [9.17, 15) is 10.1 Å². The fourth-order valence-electron chi connectivity index (χ4n) is 2.91. The van der Waals surface area contributed by atoms with E-state index in [0.717, 1.165) is 24.0 Å². The molecule has 1 aromatic carbocycles. The molecule has 0 aromatic heterocycles. The fraction of sp³-hybridized carbons (Fsp3) is 0.500. The van der Waals surface area contributed by atoms with Crippen LogP contribution in [0.3, 0.4) is 0 Å². The lowest BCUT2D eigenvalue weighted by molar-refractivity contribution is -0.386. The predicted molar refractivity (Wildman–Crippen MR) is 60.8 cm³/mol. The summed E-state index contributed by atoms with van der Waals surface area (Å²) in [6, 6.07) is 1.88. The fourth-order valence-corrected chi connectivity index (χ4v) is 2.91. The van der Waals surface area contributed by atoms with E-state index in [1.807, 2.05) is 6.07 Å². The van der Waals surface area contributed by atoms with Crippen LogP contribution in [0.15, 0.2) is 6.07 Å². The van der Waals surface area contributed by atoms with Crippen molar-refractivity contribution in [2.75, 3.05) is 14.2 Å². The summed E-state index contributed by atoms with van der Waals surface area (Å²) >= 11 is 0. The van der Waals surface area contributed by atoms with Gasteiger partial charge in [-0.05, 0) is 36.3 Å². The van der Waals surface area contributed by atoms with Crippen LogP contribution in [0.5, 0.6) is 11.5 Å². The van der Waals surface area contributed by atoms with E-state index in [1.165, 1.54) is 14.2 Å². The van der Waals surface area contributed by atoms with Crippen LogP contribution in [0.25, 0.3) is 0 Å². The number of fused-ring (bicyclic) bond motifs is 3. The van der Waals surface area contributed by atoms with Crippen LogP contribution >= 0.6 is 0 Å². The van der Waals surface area contributed by atoms with Crippen LogP contribution in [-0.2, 0) is 6.42 Å². The molecular formula is C12H13NO4. The van der Waals surface area contributed by atoms with Gasteiger partial charge in [0.15, 0.2) is 5.75 Å². The number of ether oxygens (including phenoxy) is 2. The molecule has 0 N–H and O–H groups in total. The lowest BCUT2D eigenvalue weighted by Crippen LogP contribution is -2.02. The second kappa shape index (κ2) is 3.35. The standard InChI is InChI=1S/C12H13NO4/c1-16-9-5-7-3-6-4-8(6)10(7)11(13(14)15)12(9)17-2/h5-6,8H,3-4H2,1-2H3. The maximum atomic E-state index is 11.2. The summed E-state index contributed by atoms with van der Waals surface area (Å²) in [5, 5.41) is 11.2. The highest BCUT2D eigenvalue weighted by Crippen LogP contribution is 2.61. The zero-order chi connectivity index (χ0) is 12.2. The summed E-state index contributed by atoms with van der Waals surface area (Å²) in [5.41, 5.74) is 2.03. The first-order valence-electron chi connectivity index (χ1n) is 5.59. The first kappa shape index (κ1) is 10.4. The van der Waals surface area contributed by atoms with Crippen molar-refractivity contribution in [2.45, 2.75) is 18.8 Å². The minimum absolute atomic E-state index is 0.104. The van der Waals surface area contributed by atoms with E-state index in [2.05, 4.69) is 0 Å². The SMILES string of the molecule is COc1cc2c(c([N+](=O)[O-])c1OC)C1CC1C2. The molecule has 5 nitrogen and oxygen atoms in total. The molecule has 90 valence electrons. The zero-order valence-corrected chi connectivity index (χ0v) is 9.73. The van der Waals surface area contributed by atoms with Crippen LogP contribution < -0.4 is 9.47 Å². The molecule has 2 aliphatic rings. The molecule has 2 unspecified atom stereocenters. The molecular weight excluding hydrogens is 222 g/mol. The Hall–Kier alpha value is -1.78. The Morgan fingerprint density at radius 3 is 2.76 bits per heavy atom. The second-order valence-electron chi connectivity index (χ2n) is 4.60. The van der Waals surface area contributed by atoms with Gasteiger partial charge >= 0.3 is 5.69 Å². The van der Waals surface area contributed by atoms with Gasteiger partial charge in [0.1, 0.15) is 0 Å². The minimum atomic E-state index is -0.346. The number of nitro benzene ring substituents is 1. The zero-order valence-electron chi connectivity index (χ0n) is 9.73. The molecule has 0 aliphatic heterocycles. The third kappa shape index (κ3) is 1.31. The van der Waals surface area contributed by atoms with Gasteiger partial charge in [0, 0.05) is 5.56 Å². The largest absolute Gasteiger partial charge is 0.493 e. The summed E-state index contributed by atoms with van der Waals surface area (Å²) in [5.74, 6) is 1.67. The van der Waals surface area contributed by atoms with E-state index >= 15 is 0 Å². The van der Waals surface area contributed by atoms with Gasteiger partial charge in [0.2, 0.25) is 5.75 Å². The number of rotatable bonds is 3. The molecule has 1 saturated carbocycles. The van der Waals surface area contributed by atoms with E-state index in [-0.39, 0.29) is 16.4 Å². The van der Waals surface area contributed by atoms with Gasteiger partial charge in [-0.15, -0.1) is 0 Å². The maximum absolute atomic E-state index is 11.2. The topological polar surface area (TPSA) is 61.6 Å². The van der Waals surface area contributed by atoms with Crippen molar-refractivity contribution < 1.29 is 14.4 Å². The van der Waals surface area contributed by atoms with Gasteiger partial charge in [0.05, 0.1) is 19.1 Å². The normalized spacial score (nSPS) is 23.9. The number of benzene rings is 1. The van der Waals surface area contributed by atoms with Crippen LogP contribution in [0.2, 0.25) is 0 Å². The Morgan fingerprint density at radius 1 is 1.41 bits per heavy atom. The van der Waals surface area contributed by atoms with Crippen molar-refractivity contribution in [3.8, 4) is 11.5 Å². The maximum Gasteiger partial charge on any atom is 0.318 e. The number of nitro groups is 1. The third-order valence-electron chi connectivity index (χ3n) is 3.73. The molecule has 3 rings (SSSR count). The lowest BCUT2D eigenvalue weighted by Gasteiger charge is -2.12. The Kier molecular flexibility index (Phi) is 2.05. The van der Waals surface area contributed by atoms with E-state index < -0.39 is 0 Å². The molecule has 2 aliphatic carbocycles. The van der Waals surface area contributed by atoms with Gasteiger partial charge in [-0.2, -0.15) is 0 Å². The molecule has 17 heavy (non-hydrogen) atoms. The molecule has 2 atom stereocenters. The highest BCUT2D eigenvalue weighted by atomic mass is 16.6. The quantitative estimate of drug-likeness (QED) is 0.595. The van der Waals surface area contributed by atoms with Crippen molar-refractivity contribution in [2.24, 2.45) is 5.92 Å². The Labute approximate surface area is 98.5 Å². The van der Waals surface area contributed by atoms with Gasteiger partial charge < -0.3 is 9.47 Å². The first-order valence-corrected chi connectivity index (χ1v) is 5.59. The summed E-state index contributed by atoms with van der Waals surface area (Å²) in [4.78, 5) is 10.9. The van der Waals surface area contributed by atoms with Crippen molar-refractivity contribution in [1.82, 2.24) is 0 Å². The van der Waals surface area contributed by atoms with Gasteiger partial charge in [-0.3, -0.25) is 10.1 Å². The average molecular weight is 235 g/mol. The van der Waals surface area contributed by atoms with E-state index in [0.29, 0.717) is 17.6 Å². The first-order chi connectivity index (χ1) is 8.17. The highest BCUT2D eigenvalue weighted by molar-refractivity contribution is 5.67. The van der Waals surface area contributed by atoms with Gasteiger partial charge in [0.25, 0.3) is 0 Å². The summed E-state index contributed by atoms with van der Waals surface area (Å²) < 4.78 is 10.3. The Balaban J connectivity index is 2.27. The molecule has 0 saturated heterocycles.